The van der Waals surface area contributed by atoms with E-state index in [0.717, 1.165) is 18.6 Å². The Morgan fingerprint density at radius 1 is 1.18 bits per heavy atom. The van der Waals surface area contributed by atoms with Crippen LogP contribution >= 0.6 is 0 Å². The molecule has 0 amide bonds. The molecule has 17 heavy (non-hydrogen) atoms. The Bertz CT molecular complexity index is 348. The summed E-state index contributed by atoms with van der Waals surface area (Å²) in [5.74, 6) is 1.03. The third-order valence-corrected chi connectivity index (χ3v) is 2.97. The predicted octanol–water partition coefficient (Wildman–Crippen LogP) is 3.37. The van der Waals surface area contributed by atoms with Crippen molar-refractivity contribution in [2.75, 3.05) is 0 Å². The van der Waals surface area contributed by atoms with Crippen LogP contribution in [0.15, 0.2) is 12.1 Å². The highest BCUT2D eigenvalue weighted by Crippen LogP contribution is 2.26. The van der Waals surface area contributed by atoms with Gasteiger partial charge in [0, 0.05) is 6.04 Å². The largest absolute Gasteiger partial charge is 0.490 e. The van der Waals surface area contributed by atoms with Crippen molar-refractivity contribution in [2.24, 2.45) is 5.73 Å². The van der Waals surface area contributed by atoms with Crippen LogP contribution in [-0.2, 0) is 6.42 Å². The zero-order valence-electron chi connectivity index (χ0n) is 11.7. The van der Waals surface area contributed by atoms with Crippen LogP contribution < -0.4 is 10.5 Å². The Morgan fingerprint density at radius 3 is 2.12 bits per heavy atom. The fraction of sp³-hybridized carbons (Fsp3) is 0.600. The molecule has 0 aliphatic heterocycles. The number of rotatable bonds is 5. The molecule has 0 heterocycles. The van der Waals surface area contributed by atoms with Crippen LogP contribution in [0.5, 0.6) is 5.75 Å². The smallest absolute Gasteiger partial charge is 0.125 e. The molecule has 96 valence electrons. The number of hydrogen-bond donors (Lipinski definition) is 1. The zero-order chi connectivity index (χ0) is 13.0. The van der Waals surface area contributed by atoms with Gasteiger partial charge in [0.2, 0.25) is 0 Å². The van der Waals surface area contributed by atoms with Crippen molar-refractivity contribution < 1.29 is 4.74 Å². The SMILES string of the molecule is CCC(C)Oc1c(C)cc(CC(C)N)cc1C. The summed E-state index contributed by atoms with van der Waals surface area (Å²) >= 11 is 0. The fourth-order valence-electron chi connectivity index (χ4n) is 2.00. The number of nitrogens with two attached hydrogens (primary N) is 1. The second-order valence-electron chi connectivity index (χ2n) is 5.08. The average Bonchev–Trinajstić information content (AvgIpc) is 2.22. The fourth-order valence-corrected chi connectivity index (χ4v) is 2.00. The summed E-state index contributed by atoms with van der Waals surface area (Å²) in [7, 11) is 0. The molecule has 1 aromatic rings. The van der Waals surface area contributed by atoms with Crippen LogP contribution in [0, 0.1) is 13.8 Å². The Labute approximate surface area is 105 Å². The molecule has 2 N–H and O–H groups in total. The Kier molecular flexibility index (Phi) is 5.01. The molecular formula is C15H25NO. The first-order valence-electron chi connectivity index (χ1n) is 6.46. The van der Waals surface area contributed by atoms with Gasteiger partial charge in [-0.1, -0.05) is 19.1 Å². The van der Waals surface area contributed by atoms with Gasteiger partial charge in [0.15, 0.2) is 0 Å². The summed E-state index contributed by atoms with van der Waals surface area (Å²) < 4.78 is 5.95. The normalized spacial score (nSPS) is 14.5. The number of ether oxygens (including phenoxy) is 1. The van der Waals surface area contributed by atoms with Crippen LogP contribution in [0.1, 0.15) is 43.9 Å². The van der Waals surface area contributed by atoms with Gasteiger partial charge in [0.1, 0.15) is 5.75 Å². The minimum absolute atomic E-state index is 0.204. The van der Waals surface area contributed by atoms with Gasteiger partial charge in [-0.3, -0.25) is 0 Å². The second-order valence-corrected chi connectivity index (χ2v) is 5.08. The topological polar surface area (TPSA) is 35.2 Å². The zero-order valence-corrected chi connectivity index (χ0v) is 11.7. The van der Waals surface area contributed by atoms with E-state index in [1.54, 1.807) is 0 Å². The molecule has 0 fully saturated rings. The summed E-state index contributed by atoms with van der Waals surface area (Å²) in [6.45, 7) is 10.5. The van der Waals surface area contributed by atoms with Crippen LogP contribution in [0.2, 0.25) is 0 Å². The van der Waals surface area contributed by atoms with E-state index < -0.39 is 0 Å². The first-order chi connectivity index (χ1) is 7.93. The third kappa shape index (κ3) is 4.04. The van der Waals surface area contributed by atoms with Crippen molar-refractivity contribution in [3.05, 3.63) is 28.8 Å². The number of hydrogen-bond acceptors (Lipinski definition) is 2. The molecule has 2 nitrogen and oxygen atoms in total. The summed E-state index contributed by atoms with van der Waals surface area (Å²) in [6.07, 6.45) is 2.22. The molecule has 1 aromatic carbocycles. The Balaban J connectivity index is 2.94. The van der Waals surface area contributed by atoms with Gasteiger partial charge in [0.25, 0.3) is 0 Å². The van der Waals surface area contributed by atoms with E-state index >= 15 is 0 Å². The minimum Gasteiger partial charge on any atom is -0.490 e. The second kappa shape index (κ2) is 6.06. The van der Waals surface area contributed by atoms with E-state index in [1.165, 1.54) is 16.7 Å². The molecule has 0 aliphatic carbocycles. The molecular weight excluding hydrogens is 210 g/mol. The molecule has 0 aromatic heterocycles. The van der Waals surface area contributed by atoms with E-state index in [9.17, 15) is 0 Å². The first-order valence-corrected chi connectivity index (χ1v) is 6.46. The quantitative estimate of drug-likeness (QED) is 0.849. The van der Waals surface area contributed by atoms with Crippen LogP contribution in [0.3, 0.4) is 0 Å². The molecule has 0 spiro atoms. The number of aryl methyl sites for hydroxylation is 2. The van der Waals surface area contributed by atoms with Gasteiger partial charge in [-0.25, -0.2) is 0 Å². The van der Waals surface area contributed by atoms with Gasteiger partial charge in [0.05, 0.1) is 6.10 Å². The molecule has 2 atom stereocenters. The molecule has 1 rings (SSSR count). The van der Waals surface area contributed by atoms with Crippen molar-refractivity contribution in [2.45, 2.75) is 59.6 Å². The standard InChI is InChI=1S/C15H25NO/c1-6-13(5)17-15-10(2)7-14(8-11(15)3)9-12(4)16/h7-8,12-13H,6,9,16H2,1-5H3. The Morgan fingerprint density at radius 2 is 1.71 bits per heavy atom. The van der Waals surface area contributed by atoms with E-state index in [4.69, 9.17) is 10.5 Å². The summed E-state index contributed by atoms with van der Waals surface area (Å²) in [6, 6.07) is 4.58. The lowest BCUT2D eigenvalue weighted by Crippen LogP contribution is -2.18. The molecule has 2 heteroatoms. The molecule has 0 saturated heterocycles. The summed E-state index contributed by atoms with van der Waals surface area (Å²) in [5, 5.41) is 0. The minimum atomic E-state index is 0.204. The Hall–Kier alpha value is -1.02. The van der Waals surface area contributed by atoms with Crippen LogP contribution in [0.25, 0.3) is 0 Å². The van der Waals surface area contributed by atoms with Crippen molar-refractivity contribution in [3.8, 4) is 5.75 Å². The highest BCUT2D eigenvalue weighted by atomic mass is 16.5. The molecule has 0 saturated carbocycles. The maximum atomic E-state index is 5.95. The maximum Gasteiger partial charge on any atom is 0.125 e. The van der Waals surface area contributed by atoms with Gasteiger partial charge in [-0.05, 0) is 57.2 Å². The van der Waals surface area contributed by atoms with Crippen molar-refractivity contribution in [1.82, 2.24) is 0 Å². The molecule has 0 aliphatic rings. The van der Waals surface area contributed by atoms with Gasteiger partial charge >= 0.3 is 0 Å². The lowest BCUT2D eigenvalue weighted by atomic mass is 10.0. The molecule has 0 radical (unpaired) electrons. The average molecular weight is 235 g/mol. The monoisotopic (exact) mass is 235 g/mol. The lowest BCUT2D eigenvalue weighted by Gasteiger charge is -2.18. The van der Waals surface area contributed by atoms with E-state index in [0.29, 0.717) is 0 Å². The highest BCUT2D eigenvalue weighted by Gasteiger charge is 2.10. The lowest BCUT2D eigenvalue weighted by molar-refractivity contribution is 0.214. The van der Waals surface area contributed by atoms with Gasteiger partial charge in [-0.15, -0.1) is 0 Å². The van der Waals surface area contributed by atoms with Crippen molar-refractivity contribution >= 4 is 0 Å². The van der Waals surface area contributed by atoms with Crippen LogP contribution in [-0.4, -0.2) is 12.1 Å². The van der Waals surface area contributed by atoms with Gasteiger partial charge in [-0.2, -0.15) is 0 Å². The van der Waals surface area contributed by atoms with Crippen molar-refractivity contribution in [1.29, 1.82) is 0 Å². The molecule has 0 bridgehead atoms. The summed E-state index contributed by atoms with van der Waals surface area (Å²) in [4.78, 5) is 0. The van der Waals surface area contributed by atoms with Crippen LogP contribution in [0.4, 0.5) is 0 Å². The number of benzene rings is 1. The van der Waals surface area contributed by atoms with E-state index in [1.807, 2.05) is 6.92 Å². The third-order valence-electron chi connectivity index (χ3n) is 2.97. The first kappa shape index (κ1) is 14.0. The maximum absolute atomic E-state index is 5.95. The van der Waals surface area contributed by atoms with E-state index in [2.05, 4.69) is 39.8 Å². The predicted molar refractivity (Wildman–Crippen MR) is 73.7 cm³/mol. The highest BCUT2D eigenvalue weighted by molar-refractivity contribution is 5.43. The van der Waals surface area contributed by atoms with E-state index in [-0.39, 0.29) is 12.1 Å². The van der Waals surface area contributed by atoms with Gasteiger partial charge < -0.3 is 10.5 Å². The van der Waals surface area contributed by atoms with Crippen molar-refractivity contribution in [3.63, 3.8) is 0 Å². The summed E-state index contributed by atoms with van der Waals surface area (Å²) in [5.41, 5.74) is 9.55. The molecule has 2 unspecified atom stereocenters.